The Hall–Kier alpha value is -6.10. The summed E-state index contributed by atoms with van der Waals surface area (Å²) in [7, 11) is 0. The van der Waals surface area contributed by atoms with Crippen molar-refractivity contribution < 1.29 is 0 Å². The molecule has 2 heterocycles. The maximum Gasteiger partial charge on any atom is 0.101 e. The summed E-state index contributed by atoms with van der Waals surface area (Å²) in [6.45, 7) is 13.5. The summed E-state index contributed by atoms with van der Waals surface area (Å²) in [6.07, 6.45) is 0. The summed E-state index contributed by atoms with van der Waals surface area (Å²) in [5.41, 5.74) is 12.2. The first kappa shape index (κ1) is 31.2. The standard InChI is InChI=1S/C46H38N4/c1-45(2,3)33-15-20-43-39(25-33)37-23-29(13-18-41(37)49(43)35-10-8-7-9-11-35)30-14-19-42-38(24-30)40-26-34(46(4,5)6)16-21-44(40)50(42)36-17-12-31(27-47)32(22-36)28-48/h7-26H,1-6H3. The molecule has 0 aliphatic carbocycles. The zero-order chi connectivity index (χ0) is 34.9. The molecule has 0 atom stereocenters. The predicted molar refractivity (Wildman–Crippen MR) is 207 cm³/mol. The molecule has 0 amide bonds. The molecule has 4 heteroatoms. The van der Waals surface area contributed by atoms with Crippen LogP contribution < -0.4 is 0 Å². The van der Waals surface area contributed by atoms with Crippen LogP contribution in [0.1, 0.15) is 63.8 Å². The lowest BCUT2D eigenvalue weighted by Crippen LogP contribution is -2.10. The third kappa shape index (κ3) is 4.96. The third-order valence-corrected chi connectivity index (χ3v) is 10.1. The second kappa shape index (κ2) is 11.2. The van der Waals surface area contributed by atoms with Crippen LogP contribution >= 0.6 is 0 Å². The van der Waals surface area contributed by atoms with Crippen LogP contribution in [0.4, 0.5) is 0 Å². The van der Waals surface area contributed by atoms with Gasteiger partial charge in [0.1, 0.15) is 12.1 Å². The van der Waals surface area contributed by atoms with Crippen molar-refractivity contribution >= 4 is 43.6 Å². The van der Waals surface area contributed by atoms with Gasteiger partial charge in [0.05, 0.1) is 33.2 Å². The molecular weight excluding hydrogens is 609 g/mol. The fourth-order valence-electron chi connectivity index (χ4n) is 7.33. The van der Waals surface area contributed by atoms with Gasteiger partial charge >= 0.3 is 0 Å². The number of aromatic nitrogens is 2. The maximum absolute atomic E-state index is 9.84. The van der Waals surface area contributed by atoms with Crippen molar-refractivity contribution in [3.63, 3.8) is 0 Å². The minimum atomic E-state index is -0.0213. The van der Waals surface area contributed by atoms with E-state index >= 15 is 0 Å². The minimum absolute atomic E-state index is 0.0213. The SMILES string of the molecule is CC(C)(C)c1ccc2c(c1)c1cc(-c3ccc4c(c3)c3cc(C(C)(C)C)ccc3n4-c3ccc(C#N)c(C#N)c3)ccc1n2-c1ccccc1. The van der Waals surface area contributed by atoms with Gasteiger partial charge in [0.25, 0.3) is 0 Å². The lowest BCUT2D eigenvalue weighted by Gasteiger charge is -2.19. The van der Waals surface area contributed by atoms with Gasteiger partial charge in [0.15, 0.2) is 0 Å². The van der Waals surface area contributed by atoms with E-state index < -0.39 is 0 Å². The van der Waals surface area contributed by atoms with E-state index in [1.165, 1.54) is 32.9 Å². The lowest BCUT2D eigenvalue weighted by molar-refractivity contribution is 0.591. The molecule has 6 aromatic carbocycles. The number of hydrogen-bond acceptors (Lipinski definition) is 2. The van der Waals surface area contributed by atoms with E-state index in [1.807, 2.05) is 12.1 Å². The highest BCUT2D eigenvalue weighted by Gasteiger charge is 2.21. The first-order valence-electron chi connectivity index (χ1n) is 17.1. The molecule has 0 unspecified atom stereocenters. The summed E-state index contributed by atoms with van der Waals surface area (Å²) in [6, 6.07) is 47.7. The summed E-state index contributed by atoms with van der Waals surface area (Å²) >= 11 is 0. The van der Waals surface area contributed by atoms with Crippen LogP contribution in [0.5, 0.6) is 0 Å². The van der Waals surface area contributed by atoms with Crippen molar-refractivity contribution in [3.8, 4) is 34.6 Å². The number of nitriles is 2. The van der Waals surface area contributed by atoms with Crippen LogP contribution in [0.3, 0.4) is 0 Å². The van der Waals surface area contributed by atoms with Crippen LogP contribution in [-0.4, -0.2) is 9.13 Å². The number of benzene rings is 6. The Balaban J connectivity index is 1.38. The van der Waals surface area contributed by atoms with Crippen molar-refractivity contribution in [1.29, 1.82) is 10.5 Å². The number of rotatable bonds is 3. The molecule has 0 spiro atoms. The number of nitrogens with zero attached hydrogens (tertiary/aromatic N) is 4. The van der Waals surface area contributed by atoms with E-state index in [4.69, 9.17) is 0 Å². The fraction of sp³-hybridized carbons (Fsp3) is 0.174. The van der Waals surface area contributed by atoms with Gasteiger partial charge < -0.3 is 9.13 Å². The van der Waals surface area contributed by atoms with Crippen LogP contribution in [0.25, 0.3) is 66.1 Å². The largest absolute Gasteiger partial charge is 0.309 e. The Kier molecular flexibility index (Phi) is 7.00. The molecule has 0 N–H and O–H groups in total. The van der Waals surface area contributed by atoms with E-state index in [9.17, 15) is 10.5 Å². The van der Waals surface area contributed by atoms with Crippen molar-refractivity contribution in [2.45, 2.75) is 52.4 Å². The maximum atomic E-state index is 9.84. The van der Waals surface area contributed by atoms with Gasteiger partial charge in [-0.3, -0.25) is 0 Å². The average Bonchev–Trinajstić information content (AvgIpc) is 3.62. The average molecular weight is 647 g/mol. The summed E-state index contributed by atoms with van der Waals surface area (Å²) < 4.78 is 4.59. The highest BCUT2D eigenvalue weighted by atomic mass is 15.0. The number of para-hydroxylation sites is 1. The van der Waals surface area contributed by atoms with Gasteiger partial charge in [-0.1, -0.05) is 84.0 Å². The van der Waals surface area contributed by atoms with Crippen molar-refractivity contribution in [2.24, 2.45) is 0 Å². The van der Waals surface area contributed by atoms with E-state index in [2.05, 4.69) is 166 Å². The topological polar surface area (TPSA) is 57.4 Å². The first-order chi connectivity index (χ1) is 24.0. The van der Waals surface area contributed by atoms with Crippen molar-refractivity contribution in [1.82, 2.24) is 9.13 Å². The second-order valence-electron chi connectivity index (χ2n) is 15.4. The van der Waals surface area contributed by atoms with Crippen LogP contribution in [0.15, 0.2) is 121 Å². The molecule has 2 aromatic heterocycles. The molecule has 0 saturated carbocycles. The van der Waals surface area contributed by atoms with Gasteiger partial charge in [-0.25, -0.2) is 0 Å². The van der Waals surface area contributed by atoms with E-state index in [0.29, 0.717) is 11.1 Å². The van der Waals surface area contributed by atoms with Gasteiger partial charge in [0, 0.05) is 32.9 Å². The second-order valence-corrected chi connectivity index (χ2v) is 15.4. The van der Waals surface area contributed by atoms with E-state index in [1.54, 1.807) is 6.07 Å². The smallest absolute Gasteiger partial charge is 0.101 e. The molecule has 0 saturated heterocycles. The summed E-state index contributed by atoms with van der Waals surface area (Å²) in [4.78, 5) is 0. The third-order valence-electron chi connectivity index (χ3n) is 10.1. The molecule has 0 radical (unpaired) electrons. The quantitative estimate of drug-likeness (QED) is 0.192. The first-order valence-corrected chi connectivity index (χ1v) is 17.1. The zero-order valence-corrected chi connectivity index (χ0v) is 29.3. The molecule has 4 nitrogen and oxygen atoms in total. The Bertz CT molecular complexity index is 2730. The normalized spacial score (nSPS) is 12.2. The molecule has 242 valence electrons. The predicted octanol–water partition coefficient (Wildman–Crippen LogP) is 11.9. The molecular formula is C46H38N4. The van der Waals surface area contributed by atoms with E-state index in [-0.39, 0.29) is 10.8 Å². The Morgan fingerprint density at radius 3 is 1.32 bits per heavy atom. The monoisotopic (exact) mass is 646 g/mol. The van der Waals surface area contributed by atoms with E-state index in [0.717, 1.165) is 44.3 Å². The summed E-state index contributed by atoms with van der Waals surface area (Å²) in [5, 5.41) is 24.2. The minimum Gasteiger partial charge on any atom is -0.309 e. The molecule has 0 fully saturated rings. The van der Waals surface area contributed by atoms with Crippen molar-refractivity contribution in [2.75, 3.05) is 0 Å². The van der Waals surface area contributed by atoms with Gasteiger partial charge in [-0.05, 0) is 112 Å². The zero-order valence-electron chi connectivity index (χ0n) is 29.3. The number of fused-ring (bicyclic) bond motifs is 6. The molecule has 50 heavy (non-hydrogen) atoms. The molecule has 0 aliphatic heterocycles. The van der Waals surface area contributed by atoms with Gasteiger partial charge in [0.2, 0.25) is 0 Å². The van der Waals surface area contributed by atoms with Crippen LogP contribution in [0.2, 0.25) is 0 Å². The van der Waals surface area contributed by atoms with Crippen LogP contribution in [0, 0.1) is 22.7 Å². The lowest BCUT2D eigenvalue weighted by atomic mass is 9.86. The fourth-order valence-corrected chi connectivity index (χ4v) is 7.33. The Labute approximate surface area is 293 Å². The molecule has 0 aliphatic rings. The Morgan fingerprint density at radius 2 is 0.860 bits per heavy atom. The van der Waals surface area contributed by atoms with Gasteiger partial charge in [-0.15, -0.1) is 0 Å². The Morgan fingerprint density at radius 1 is 0.420 bits per heavy atom. The van der Waals surface area contributed by atoms with Crippen molar-refractivity contribution in [3.05, 3.63) is 144 Å². The summed E-state index contributed by atoms with van der Waals surface area (Å²) in [5.74, 6) is 0. The van der Waals surface area contributed by atoms with Gasteiger partial charge in [-0.2, -0.15) is 10.5 Å². The molecule has 0 bridgehead atoms. The highest BCUT2D eigenvalue weighted by molar-refractivity contribution is 6.13. The molecule has 8 aromatic rings. The highest BCUT2D eigenvalue weighted by Crippen LogP contribution is 2.40. The van der Waals surface area contributed by atoms with Crippen LogP contribution in [-0.2, 0) is 10.8 Å². The molecule has 8 rings (SSSR count). The number of hydrogen-bond donors (Lipinski definition) is 0.